The summed E-state index contributed by atoms with van der Waals surface area (Å²) in [6.07, 6.45) is -3.96. The van der Waals surface area contributed by atoms with Crippen molar-refractivity contribution in [1.29, 1.82) is 0 Å². The van der Waals surface area contributed by atoms with Gasteiger partial charge in [0.15, 0.2) is 6.61 Å². The van der Waals surface area contributed by atoms with Crippen LogP contribution < -0.4 is 14.8 Å². The van der Waals surface area contributed by atoms with Gasteiger partial charge in [0.1, 0.15) is 11.5 Å². The van der Waals surface area contributed by atoms with Crippen LogP contribution in [0.5, 0.6) is 11.5 Å². The van der Waals surface area contributed by atoms with Gasteiger partial charge in [0.05, 0.1) is 7.11 Å². The molecule has 3 rings (SSSR count). The van der Waals surface area contributed by atoms with Gasteiger partial charge in [-0.25, -0.2) is 0 Å². The Labute approximate surface area is 176 Å². The number of ether oxygens (including phenoxy) is 2. The average molecular weight is 435 g/mol. The fourth-order valence-corrected chi connectivity index (χ4v) is 2.59. The van der Waals surface area contributed by atoms with Gasteiger partial charge in [-0.05, 0) is 42.0 Å². The highest BCUT2D eigenvalue weighted by molar-refractivity contribution is 5.76. The van der Waals surface area contributed by atoms with Gasteiger partial charge in [-0.15, -0.1) is 0 Å². The maximum Gasteiger partial charge on any atom is 0.422 e. The van der Waals surface area contributed by atoms with Crippen LogP contribution in [-0.4, -0.2) is 35.9 Å². The molecule has 0 atom stereocenters. The molecular formula is C21H20F3N3O4. The van der Waals surface area contributed by atoms with Crippen molar-refractivity contribution in [2.75, 3.05) is 13.7 Å². The van der Waals surface area contributed by atoms with Gasteiger partial charge >= 0.3 is 6.18 Å². The quantitative estimate of drug-likeness (QED) is 0.548. The van der Waals surface area contributed by atoms with Crippen molar-refractivity contribution >= 4 is 5.91 Å². The molecule has 3 aromatic rings. The van der Waals surface area contributed by atoms with Gasteiger partial charge in [0.25, 0.3) is 0 Å². The molecule has 7 nitrogen and oxygen atoms in total. The van der Waals surface area contributed by atoms with Crippen LogP contribution in [0.3, 0.4) is 0 Å². The summed E-state index contributed by atoms with van der Waals surface area (Å²) >= 11 is 0. The number of hydrogen-bond donors (Lipinski definition) is 1. The van der Waals surface area contributed by atoms with E-state index in [1.165, 1.54) is 12.1 Å². The van der Waals surface area contributed by atoms with E-state index in [2.05, 4.69) is 20.2 Å². The molecular weight excluding hydrogens is 415 g/mol. The molecule has 1 aromatic heterocycles. The van der Waals surface area contributed by atoms with Crippen LogP contribution in [0.15, 0.2) is 53.1 Å². The van der Waals surface area contributed by atoms with E-state index in [0.29, 0.717) is 17.5 Å². The van der Waals surface area contributed by atoms with Crippen LogP contribution in [0, 0.1) is 0 Å². The number of carbonyl (C=O) groups is 1. The minimum absolute atomic E-state index is 0.108. The summed E-state index contributed by atoms with van der Waals surface area (Å²) in [6.45, 7) is -1.11. The van der Waals surface area contributed by atoms with Gasteiger partial charge in [-0.2, -0.15) is 18.2 Å². The second-order valence-electron chi connectivity index (χ2n) is 6.56. The third kappa shape index (κ3) is 7.02. The van der Waals surface area contributed by atoms with Crippen LogP contribution >= 0.6 is 0 Å². The SMILES string of the molecule is COc1ccc(-c2noc(CCC(=O)NCc3ccc(OCC(F)(F)F)cc3)n2)cc1. The number of methoxy groups -OCH3 is 1. The molecule has 1 heterocycles. The summed E-state index contributed by atoms with van der Waals surface area (Å²) in [5.41, 5.74) is 1.50. The molecule has 0 saturated heterocycles. The minimum Gasteiger partial charge on any atom is -0.497 e. The molecule has 0 saturated carbocycles. The van der Waals surface area contributed by atoms with Crippen LogP contribution in [0.2, 0.25) is 0 Å². The number of benzene rings is 2. The van der Waals surface area contributed by atoms with Crippen LogP contribution in [-0.2, 0) is 17.8 Å². The predicted molar refractivity (Wildman–Crippen MR) is 104 cm³/mol. The monoisotopic (exact) mass is 435 g/mol. The Morgan fingerprint density at radius 1 is 1.06 bits per heavy atom. The second-order valence-corrected chi connectivity index (χ2v) is 6.56. The standard InChI is InChI=1S/C21H20F3N3O4/c1-29-16-8-4-15(5-9-16)20-26-19(31-27-20)11-10-18(28)25-12-14-2-6-17(7-3-14)30-13-21(22,23)24/h2-9H,10-13H2,1H3,(H,25,28). The second kappa shape index (κ2) is 9.96. The number of rotatable bonds is 9. The highest BCUT2D eigenvalue weighted by Crippen LogP contribution is 2.20. The number of nitrogens with one attached hydrogen (secondary N) is 1. The molecule has 2 aromatic carbocycles. The maximum atomic E-state index is 12.1. The molecule has 0 aliphatic rings. The third-order valence-corrected chi connectivity index (χ3v) is 4.20. The minimum atomic E-state index is -4.39. The van der Waals surface area contributed by atoms with Gasteiger partial charge in [-0.3, -0.25) is 4.79 Å². The van der Waals surface area contributed by atoms with Crippen LogP contribution in [0.25, 0.3) is 11.4 Å². The molecule has 0 aliphatic heterocycles. The fraction of sp³-hybridized carbons (Fsp3) is 0.286. The van der Waals surface area contributed by atoms with E-state index >= 15 is 0 Å². The van der Waals surface area contributed by atoms with Gasteiger partial charge < -0.3 is 19.3 Å². The van der Waals surface area contributed by atoms with Crippen molar-refractivity contribution in [2.24, 2.45) is 0 Å². The summed E-state index contributed by atoms with van der Waals surface area (Å²) in [6, 6.07) is 13.2. The van der Waals surface area contributed by atoms with E-state index in [1.807, 2.05) is 0 Å². The van der Waals surface area contributed by atoms with E-state index in [4.69, 9.17) is 9.26 Å². The average Bonchev–Trinajstić information content (AvgIpc) is 3.24. The van der Waals surface area contributed by atoms with Crippen molar-refractivity contribution in [1.82, 2.24) is 15.5 Å². The summed E-state index contributed by atoms with van der Waals surface area (Å²) in [7, 11) is 1.58. The molecule has 0 bridgehead atoms. The number of halogens is 3. The molecule has 0 radical (unpaired) electrons. The Bertz CT molecular complexity index is 986. The Kier molecular flexibility index (Phi) is 7.11. The highest BCUT2D eigenvalue weighted by Gasteiger charge is 2.28. The fourth-order valence-electron chi connectivity index (χ4n) is 2.59. The van der Waals surface area contributed by atoms with E-state index in [-0.39, 0.29) is 31.0 Å². The topological polar surface area (TPSA) is 86.5 Å². The van der Waals surface area contributed by atoms with Gasteiger partial charge in [0.2, 0.25) is 17.6 Å². The Morgan fingerprint density at radius 3 is 2.39 bits per heavy atom. The van der Waals surface area contributed by atoms with Crippen molar-refractivity contribution < 1.29 is 32.0 Å². The molecule has 31 heavy (non-hydrogen) atoms. The first-order valence-corrected chi connectivity index (χ1v) is 9.34. The van der Waals surface area contributed by atoms with Crippen molar-refractivity contribution in [3.63, 3.8) is 0 Å². The number of alkyl halides is 3. The molecule has 0 spiro atoms. The zero-order valence-electron chi connectivity index (χ0n) is 16.6. The summed E-state index contributed by atoms with van der Waals surface area (Å²) in [5.74, 6) is 1.36. The van der Waals surface area contributed by atoms with Gasteiger partial charge in [-0.1, -0.05) is 17.3 Å². The largest absolute Gasteiger partial charge is 0.497 e. The Balaban J connectivity index is 1.42. The zero-order chi connectivity index (χ0) is 22.3. The number of aromatic nitrogens is 2. The van der Waals surface area contributed by atoms with E-state index < -0.39 is 12.8 Å². The lowest BCUT2D eigenvalue weighted by molar-refractivity contribution is -0.153. The molecule has 0 unspecified atom stereocenters. The highest BCUT2D eigenvalue weighted by atomic mass is 19.4. The van der Waals surface area contributed by atoms with Crippen molar-refractivity contribution in [3.05, 3.63) is 60.0 Å². The lowest BCUT2D eigenvalue weighted by atomic mass is 10.2. The molecule has 10 heteroatoms. The molecule has 164 valence electrons. The number of aryl methyl sites for hydroxylation is 1. The molecule has 0 aliphatic carbocycles. The molecule has 1 amide bonds. The van der Waals surface area contributed by atoms with Crippen molar-refractivity contribution in [3.8, 4) is 22.9 Å². The maximum absolute atomic E-state index is 12.1. The van der Waals surface area contributed by atoms with Crippen LogP contribution in [0.4, 0.5) is 13.2 Å². The van der Waals surface area contributed by atoms with Gasteiger partial charge in [0, 0.05) is 24.9 Å². The molecule has 1 N–H and O–H groups in total. The number of carbonyl (C=O) groups excluding carboxylic acids is 1. The molecule has 0 fully saturated rings. The first-order chi connectivity index (χ1) is 14.8. The lowest BCUT2D eigenvalue weighted by Crippen LogP contribution is -2.23. The van der Waals surface area contributed by atoms with E-state index in [0.717, 1.165) is 11.1 Å². The number of nitrogens with zero attached hydrogens (tertiary/aromatic N) is 2. The smallest absolute Gasteiger partial charge is 0.422 e. The van der Waals surface area contributed by atoms with E-state index in [9.17, 15) is 18.0 Å². The predicted octanol–water partition coefficient (Wildman–Crippen LogP) is 3.94. The normalized spacial score (nSPS) is 11.2. The van der Waals surface area contributed by atoms with E-state index in [1.54, 1.807) is 43.5 Å². The zero-order valence-corrected chi connectivity index (χ0v) is 16.6. The first kappa shape index (κ1) is 22.1. The Morgan fingerprint density at radius 2 is 1.74 bits per heavy atom. The summed E-state index contributed by atoms with van der Waals surface area (Å²) < 4.78 is 51.4. The lowest BCUT2D eigenvalue weighted by Gasteiger charge is -2.10. The third-order valence-electron chi connectivity index (χ3n) is 4.20. The first-order valence-electron chi connectivity index (χ1n) is 9.34. The number of hydrogen-bond acceptors (Lipinski definition) is 6. The summed E-state index contributed by atoms with van der Waals surface area (Å²) in [5, 5.41) is 6.64. The number of amides is 1. The van der Waals surface area contributed by atoms with Crippen molar-refractivity contribution in [2.45, 2.75) is 25.6 Å². The summed E-state index contributed by atoms with van der Waals surface area (Å²) in [4.78, 5) is 16.3. The Hall–Kier alpha value is -3.56. The van der Waals surface area contributed by atoms with Crippen LogP contribution in [0.1, 0.15) is 17.9 Å².